The average Bonchev–Trinajstić information content (AvgIpc) is 2.84. The third kappa shape index (κ3) is 3.69. The average molecular weight is 304 g/mol. The van der Waals surface area contributed by atoms with Gasteiger partial charge in [0.25, 0.3) is 0 Å². The van der Waals surface area contributed by atoms with E-state index in [4.69, 9.17) is 11.6 Å². The molecule has 1 heterocycles. The van der Waals surface area contributed by atoms with Gasteiger partial charge in [-0.2, -0.15) is 0 Å². The number of nitrogens with zero attached hydrogens (tertiary/aromatic N) is 1. The Morgan fingerprint density at radius 2 is 2.00 bits per heavy atom. The molecule has 1 aromatic carbocycles. The number of likely N-dealkylation sites (tertiary alicyclic amines) is 1. The normalized spacial score (nSPS) is 20.8. The molecule has 1 aliphatic heterocycles. The van der Waals surface area contributed by atoms with Crippen molar-refractivity contribution < 1.29 is 13.5 Å². The van der Waals surface area contributed by atoms with E-state index in [1.54, 1.807) is 12.1 Å². The molecule has 1 aliphatic rings. The van der Waals surface area contributed by atoms with Crippen molar-refractivity contribution >= 4 is 21.4 Å². The van der Waals surface area contributed by atoms with Gasteiger partial charge in [0, 0.05) is 17.6 Å². The third-order valence-electron chi connectivity index (χ3n) is 3.53. The topological polar surface area (TPSA) is 57.6 Å². The van der Waals surface area contributed by atoms with E-state index in [1.807, 2.05) is 4.90 Å². The van der Waals surface area contributed by atoms with E-state index in [1.165, 1.54) is 12.1 Å². The van der Waals surface area contributed by atoms with Crippen molar-refractivity contribution in [1.82, 2.24) is 4.90 Å². The molecule has 2 rings (SSSR count). The molecule has 6 heteroatoms. The Bertz CT molecular complexity index is 515. The Kier molecular flexibility index (Phi) is 4.84. The van der Waals surface area contributed by atoms with Gasteiger partial charge in [0.1, 0.15) is 0 Å². The molecule has 1 N–H and O–H groups in total. The molecule has 1 atom stereocenters. The van der Waals surface area contributed by atoms with Gasteiger partial charge in [-0.05, 0) is 43.7 Å². The van der Waals surface area contributed by atoms with Gasteiger partial charge in [0.2, 0.25) is 0 Å². The largest absolute Gasteiger partial charge is 0.395 e. The van der Waals surface area contributed by atoms with Crippen LogP contribution in [0.25, 0.3) is 0 Å². The summed E-state index contributed by atoms with van der Waals surface area (Å²) in [6.07, 6.45) is 1.96. The zero-order valence-corrected chi connectivity index (χ0v) is 12.2. The summed E-state index contributed by atoms with van der Waals surface area (Å²) in [7, 11) is -3.28. The van der Waals surface area contributed by atoms with Crippen LogP contribution in [0, 0.1) is 0 Å². The number of sulfone groups is 1. The first kappa shape index (κ1) is 14.8. The summed E-state index contributed by atoms with van der Waals surface area (Å²) in [5, 5.41) is 9.73. The van der Waals surface area contributed by atoms with Gasteiger partial charge in [-0.15, -0.1) is 0 Å². The lowest BCUT2D eigenvalue weighted by Crippen LogP contribution is -2.35. The molecule has 4 nitrogen and oxygen atoms in total. The molecule has 0 saturated carbocycles. The van der Waals surface area contributed by atoms with Crippen LogP contribution in [0.2, 0.25) is 5.02 Å². The fourth-order valence-electron chi connectivity index (χ4n) is 2.39. The molecule has 0 radical (unpaired) electrons. The minimum absolute atomic E-state index is 0.0745. The Morgan fingerprint density at radius 3 is 2.63 bits per heavy atom. The number of aliphatic hydroxyl groups excluding tert-OH is 1. The van der Waals surface area contributed by atoms with Gasteiger partial charge in [0.05, 0.1) is 17.3 Å². The minimum atomic E-state index is -3.28. The summed E-state index contributed by atoms with van der Waals surface area (Å²) in [6, 6.07) is 6.35. The second-order valence-corrected chi connectivity index (χ2v) is 7.33. The van der Waals surface area contributed by atoms with Crippen molar-refractivity contribution in [3.8, 4) is 0 Å². The molecule has 0 spiro atoms. The van der Waals surface area contributed by atoms with E-state index in [-0.39, 0.29) is 18.4 Å². The lowest BCUT2D eigenvalue weighted by Gasteiger charge is -2.22. The van der Waals surface area contributed by atoms with Crippen LogP contribution in [0.4, 0.5) is 0 Å². The van der Waals surface area contributed by atoms with Crippen LogP contribution in [-0.2, 0) is 9.84 Å². The van der Waals surface area contributed by atoms with E-state index >= 15 is 0 Å². The third-order valence-corrected chi connectivity index (χ3v) is 5.49. The number of halogens is 1. The first-order chi connectivity index (χ1) is 9.03. The maximum Gasteiger partial charge on any atom is 0.179 e. The monoisotopic (exact) mass is 303 g/mol. The van der Waals surface area contributed by atoms with Gasteiger partial charge < -0.3 is 5.11 Å². The highest BCUT2D eigenvalue weighted by Gasteiger charge is 2.25. The van der Waals surface area contributed by atoms with Crippen LogP contribution in [0.15, 0.2) is 29.2 Å². The second-order valence-electron chi connectivity index (χ2n) is 4.79. The van der Waals surface area contributed by atoms with Crippen LogP contribution < -0.4 is 0 Å². The number of benzene rings is 1. The van der Waals surface area contributed by atoms with Gasteiger partial charge in [-0.25, -0.2) is 8.42 Å². The first-order valence-corrected chi connectivity index (χ1v) is 8.39. The van der Waals surface area contributed by atoms with Crippen LogP contribution >= 0.6 is 11.6 Å². The van der Waals surface area contributed by atoms with E-state index in [9.17, 15) is 13.5 Å². The van der Waals surface area contributed by atoms with E-state index in [0.717, 1.165) is 19.4 Å². The molecule has 1 fully saturated rings. The Morgan fingerprint density at radius 1 is 1.32 bits per heavy atom. The highest BCUT2D eigenvalue weighted by atomic mass is 35.5. The summed E-state index contributed by atoms with van der Waals surface area (Å²) >= 11 is 5.75. The molecule has 0 aromatic heterocycles. The van der Waals surface area contributed by atoms with Crippen molar-refractivity contribution in [3.05, 3.63) is 29.3 Å². The van der Waals surface area contributed by atoms with Crippen LogP contribution in [-0.4, -0.2) is 49.9 Å². The zero-order valence-electron chi connectivity index (χ0n) is 10.6. The summed E-state index contributed by atoms with van der Waals surface area (Å²) < 4.78 is 24.3. The van der Waals surface area contributed by atoms with Crippen molar-refractivity contribution in [1.29, 1.82) is 0 Å². The maximum atomic E-state index is 12.2. The molecule has 0 amide bonds. The van der Waals surface area contributed by atoms with E-state index < -0.39 is 9.84 Å². The summed E-state index contributed by atoms with van der Waals surface area (Å²) in [4.78, 5) is 2.35. The Hall–Kier alpha value is -0.620. The second kappa shape index (κ2) is 6.22. The molecule has 19 heavy (non-hydrogen) atoms. The predicted octanol–water partition coefficient (Wildman–Crippen LogP) is 1.57. The number of hydrogen-bond donors (Lipinski definition) is 1. The molecule has 0 aliphatic carbocycles. The van der Waals surface area contributed by atoms with Gasteiger partial charge in [-0.1, -0.05) is 11.6 Å². The smallest absolute Gasteiger partial charge is 0.179 e. The molecule has 1 aromatic rings. The SMILES string of the molecule is O=S(=O)(CCN1CCCC1CO)c1ccc(Cl)cc1. The number of aliphatic hydroxyl groups is 1. The van der Waals surface area contributed by atoms with Crippen molar-refractivity contribution in [2.75, 3.05) is 25.4 Å². The van der Waals surface area contributed by atoms with E-state index in [2.05, 4.69) is 0 Å². The zero-order chi connectivity index (χ0) is 13.9. The highest BCUT2D eigenvalue weighted by molar-refractivity contribution is 7.91. The summed E-state index contributed by atoms with van der Waals surface area (Å²) in [5.74, 6) is 0.0745. The predicted molar refractivity (Wildman–Crippen MR) is 75.2 cm³/mol. The van der Waals surface area contributed by atoms with Crippen molar-refractivity contribution in [2.45, 2.75) is 23.8 Å². The maximum absolute atomic E-state index is 12.2. The standard InChI is InChI=1S/C13H18ClNO3S/c14-11-3-5-13(6-4-11)19(17,18)9-8-15-7-1-2-12(15)10-16/h3-6,12,16H,1-2,7-10H2. The highest BCUT2D eigenvalue weighted by Crippen LogP contribution is 2.19. The molecule has 1 unspecified atom stereocenters. The van der Waals surface area contributed by atoms with Crippen LogP contribution in [0.3, 0.4) is 0 Å². The fourth-order valence-corrected chi connectivity index (χ4v) is 3.78. The van der Waals surface area contributed by atoms with E-state index in [0.29, 0.717) is 16.5 Å². The van der Waals surface area contributed by atoms with Crippen LogP contribution in [0.1, 0.15) is 12.8 Å². The molecular weight excluding hydrogens is 286 g/mol. The lowest BCUT2D eigenvalue weighted by atomic mass is 10.2. The lowest BCUT2D eigenvalue weighted by molar-refractivity contribution is 0.165. The Balaban J connectivity index is 2.00. The summed E-state index contributed by atoms with van der Waals surface area (Å²) in [5.41, 5.74) is 0. The minimum Gasteiger partial charge on any atom is -0.395 e. The summed E-state index contributed by atoms with van der Waals surface area (Å²) in [6.45, 7) is 1.43. The quantitative estimate of drug-likeness (QED) is 0.897. The molecule has 106 valence electrons. The molecule has 0 bridgehead atoms. The molecule has 1 saturated heterocycles. The van der Waals surface area contributed by atoms with Gasteiger partial charge in [-0.3, -0.25) is 4.90 Å². The van der Waals surface area contributed by atoms with Crippen LogP contribution in [0.5, 0.6) is 0 Å². The van der Waals surface area contributed by atoms with Gasteiger partial charge in [0.15, 0.2) is 9.84 Å². The van der Waals surface area contributed by atoms with Crippen molar-refractivity contribution in [3.63, 3.8) is 0 Å². The van der Waals surface area contributed by atoms with Gasteiger partial charge >= 0.3 is 0 Å². The molecular formula is C13H18ClNO3S. The Labute approximate surface area is 118 Å². The fraction of sp³-hybridized carbons (Fsp3) is 0.538. The number of rotatable bonds is 5. The van der Waals surface area contributed by atoms with Crippen molar-refractivity contribution in [2.24, 2.45) is 0 Å². The first-order valence-electron chi connectivity index (χ1n) is 6.36. The number of hydrogen-bond acceptors (Lipinski definition) is 4.